The van der Waals surface area contributed by atoms with E-state index in [9.17, 15) is 4.79 Å². The van der Waals surface area contributed by atoms with Gasteiger partial charge < -0.3 is 19.4 Å². The number of aryl methyl sites for hydroxylation is 1. The fourth-order valence-electron chi connectivity index (χ4n) is 4.27. The number of benzene rings is 2. The molecule has 1 aliphatic rings. The van der Waals surface area contributed by atoms with E-state index in [1.807, 2.05) is 49.4 Å². The number of methoxy groups -OCH3 is 1. The maximum absolute atomic E-state index is 13.5. The van der Waals surface area contributed by atoms with Crippen LogP contribution in [0.5, 0.6) is 17.2 Å². The highest BCUT2D eigenvalue weighted by molar-refractivity contribution is 5.86. The Hall–Kier alpha value is -3.74. The summed E-state index contributed by atoms with van der Waals surface area (Å²) in [7, 11) is 1.60. The number of ether oxygens (including phenoxy) is 2. The van der Waals surface area contributed by atoms with Gasteiger partial charge in [0.2, 0.25) is 5.75 Å². The van der Waals surface area contributed by atoms with Crippen molar-refractivity contribution in [3.05, 3.63) is 70.6 Å². The van der Waals surface area contributed by atoms with Crippen LogP contribution in [0.4, 0.5) is 5.69 Å². The summed E-state index contributed by atoms with van der Waals surface area (Å²) >= 11 is 0. The molecule has 7 nitrogen and oxygen atoms in total. The summed E-state index contributed by atoms with van der Waals surface area (Å²) in [5, 5.41) is 4.76. The molecule has 1 N–H and O–H groups in total. The van der Waals surface area contributed by atoms with E-state index in [1.165, 1.54) is 10.9 Å². The van der Waals surface area contributed by atoms with Gasteiger partial charge in [-0.05, 0) is 38.3 Å². The van der Waals surface area contributed by atoms with Gasteiger partial charge in [-0.25, -0.2) is 0 Å². The molecule has 0 radical (unpaired) electrons. The van der Waals surface area contributed by atoms with Gasteiger partial charge in [0.05, 0.1) is 12.8 Å². The fourth-order valence-corrected chi connectivity index (χ4v) is 4.27. The SMILES string of the molecule is COc1cccc(Oc2c(C)[nH]c3c(N4CCCCC4)c(-c4ccccc4)nn3c2=O)c1. The molecule has 1 aliphatic heterocycles. The summed E-state index contributed by atoms with van der Waals surface area (Å²) in [5.41, 5.74) is 3.83. The van der Waals surface area contributed by atoms with E-state index in [0.29, 0.717) is 22.8 Å². The summed E-state index contributed by atoms with van der Waals surface area (Å²) < 4.78 is 12.7. The third-order valence-electron chi connectivity index (χ3n) is 5.87. The van der Waals surface area contributed by atoms with Crippen LogP contribution in [0.1, 0.15) is 25.0 Å². The van der Waals surface area contributed by atoms with Gasteiger partial charge in [0.15, 0.2) is 5.65 Å². The smallest absolute Gasteiger partial charge is 0.317 e. The summed E-state index contributed by atoms with van der Waals surface area (Å²) in [4.78, 5) is 19.2. The number of nitrogens with one attached hydrogen (secondary N) is 1. The molecule has 0 spiro atoms. The highest BCUT2D eigenvalue weighted by atomic mass is 16.5. The van der Waals surface area contributed by atoms with Crippen molar-refractivity contribution in [2.75, 3.05) is 25.1 Å². The molecule has 5 rings (SSSR count). The topological polar surface area (TPSA) is 71.9 Å². The first-order valence-corrected chi connectivity index (χ1v) is 10.9. The van der Waals surface area contributed by atoms with Gasteiger partial charge in [-0.1, -0.05) is 36.4 Å². The zero-order valence-corrected chi connectivity index (χ0v) is 18.3. The molecule has 32 heavy (non-hydrogen) atoms. The van der Waals surface area contributed by atoms with Gasteiger partial charge >= 0.3 is 5.56 Å². The van der Waals surface area contributed by atoms with Crippen LogP contribution in [0.15, 0.2) is 59.4 Å². The van der Waals surface area contributed by atoms with E-state index < -0.39 is 0 Å². The van der Waals surface area contributed by atoms with E-state index in [2.05, 4.69) is 9.88 Å². The molecular weight excluding hydrogens is 404 g/mol. The Morgan fingerprint density at radius 1 is 0.969 bits per heavy atom. The predicted molar refractivity (Wildman–Crippen MR) is 125 cm³/mol. The summed E-state index contributed by atoms with van der Waals surface area (Å²) in [6.07, 6.45) is 3.49. The Morgan fingerprint density at radius 2 is 1.72 bits per heavy atom. The number of hydrogen-bond donors (Lipinski definition) is 1. The highest BCUT2D eigenvalue weighted by Crippen LogP contribution is 2.35. The van der Waals surface area contributed by atoms with Crippen LogP contribution in [0.2, 0.25) is 0 Å². The van der Waals surface area contributed by atoms with Gasteiger partial charge in [0.25, 0.3) is 0 Å². The van der Waals surface area contributed by atoms with Gasteiger partial charge in [-0.15, -0.1) is 0 Å². The predicted octanol–water partition coefficient (Wildman–Crippen LogP) is 4.79. The van der Waals surface area contributed by atoms with Crippen LogP contribution in [-0.4, -0.2) is 34.8 Å². The molecule has 2 aromatic carbocycles. The third-order valence-corrected chi connectivity index (χ3v) is 5.87. The molecule has 3 heterocycles. The number of anilines is 1. The third kappa shape index (κ3) is 3.60. The number of piperidine rings is 1. The van der Waals surface area contributed by atoms with Crippen LogP contribution in [0.25, 0.3) is 16.9 Å². The molecule has 0 saturated carbocycles. The molecule has 0 bridgehead atoms. The summed E-state index contributed by atoms with van der Waals surface area (Å²) in [6, 6.07) is 17.2. The Labute approximate surface area is 186 Å². The van der Waals surface area contributed by atoms with Crippen molar-refractivity contribution in [3.63, 3.8) is 0 Å². The lowest BCUT2D eigenvalue weighted by molar-refractivity contribution is 0.407. The van der Waals surface area contributed by atoms with Gasteiger partial charge in [-0.3, -0.25) is 4.79 Å². The quantitative estimate of drug-likeness (QED) is 0.493. The summed E-state index contributed by atoms with van der Waals surface area (Å²) in [5.74, 6) is 1.41. The van der Waals surface area contributed by atoms with Gasteiger partial charge in [0.1, 0.15) is 22.9 Å². The zero-order valence-electron chi connectivity index (χ0n) is 18.3. The average molecular weight is 431 g/mol. The summed E-state index contributed by atoms with van der Waals surface area (Å²) in [6.45, 7) is 3.75. The van der Waals surface area contributed by atoms with Crippen LogP contribution in [-0.2, 0) is 0 Å². The van der Waals surface area contributed by atoms with Gasteiger partial charge in [-0.2, -0.15) is 9.61 Å². The van der Waals surface area contributed by atoms with Crippen LogP contribution in [0, 0.1) is 6.92 Å². The van der Waals surface area contributed by atoms with Crippen LogP contribution < -0.4 is 19.9 Å². The second-order valence-electron chi connectivity index (χ2n) is 8.04. The Kier molecular flexibility index (Phi) is 5.31. The van der Waals surface area contributed by atoms with Crippen LogP contribution >= 0.6 is 0 Å². The normalized spacial score (nSPS) is 14.0. The second kappa shape index (κ2) is 8.42. The van der Waals surface area contributed by atoms with E-state index >= 15 is 0 Å². The Morgan fingerprint density at radius 3 is 2.47 bits per heavy atom. The molecule has 164 valence electrons. The highest BCUT2D eigenvalue weighted by Gasteiger charge is 2.25. The Balaban J connectivity index is 1.67. The molecule has 4 aromatic rings. The van der Waals surface area contributed by atoms with Gasteiger partial charge in [0, 0.05) is 24.7 Å². The number of rotatable bonds is 5. The van der Waals surface area contributed by atoms with E-state index in [-0.39, 0.29) is 11.3 Å². The van der Waals surface area contributed by atoms with Crippen molar-refractivity contribution in [2.45, 2.75) is 26.2 Å². The molecule has 0 unspecified atom stereocenters. The number of H-pyrrole nitrogens is 1. The van der Waals surface area contributed by atoms with E-state index in [1.54, 1.807) is 19.2 Å². The van der Waals surface area contributed by atoms with Crippen molar-refractivity contribution >= 4 is 11.3 Å². The monoisotopic (exact) mass is 430 g/mol. The largest absolute Gasteiger partial charge is 0.497 e. The minimum absolute atomic E-state index is 0.220. The van der Waals surface area contributed by atoms with E-state index in [0.717, 1.165) is 42.9 Å². The maximum atomic E-state index is 13.5. The second-order valence-corrected chi connectivity index (χ2v) is 8.04. The maximum Gasteiger partial charge on any atom is 0.317 e. The number of hydrogen-bond acceptors (Lipinski definition) is 5. The van der Waals surface area contributed by atoms with E-state index in [4.69, 9.17) is 14.6 Å². The first-order valence-electron chi connectivity index (χ1n) is 10.9. The van der Waals surface area contributed by atoms with Crippen molar-refractivity contribution in [1.29, 1.82) is 0 Å². The number of nitrogens with zero attached hydrogens (tertiary/aromatic N) is 3. The standard InChI is InChI=1S/C25H26N4O3/c1-17-23(32-20-13-9-12-19(16-20)31-2)25(30)29-24(26-17)22(28-14-7-4-8-15-28)21(27-29)18-10-5-3-6-11-18/h3,5-6,9-13,16,26H,4,7-8,14-15H2,1-2H3. The molecule has 0 amide bonds. The molecule has 1 saturated heterocycles. The Bertz CT molecular complexity index is 1300. The number of aromatic amines is 1. The first-order chi connectivity index (χ1) is 15.7. The molecule has 7 heteroatoms. The van der Waals surface area contributed by atoms with Crippen molar-refractivity contribution in [1.82, 2.24) is 14.6 Å². The lowest BCUT2D eigenvalue weighted by Gasteiger charge is -2.28. The van der Waals surface area contributed by atoms with Crippen molar-refractivity contribution < 1.29 is 9.47 Å². The number of aromatic nitrogens is 3. The van der Waals surface area contributed by atoms with Crippen molar-refractivity contribution in [2.24, 2.45) is 0 Å². The molecule has 0 aliphatic carbocycles. The number of fused-ring (bicyclic) bond motifs is 1. The van der Waals surface area contributed by atoms with Crippen molar-refractivity contribution in [3.8, 4) is 28.5 Å². The first kappa shape index (κ1) is 20.2. The molecular formula is C25H26N4O3. The lowest BCUT2D eigenvalue weighted by Crippen LogP contribution is -2.30. The van der Waals surface area contributed by atoms with Crippen LogP contribution in [0.3, 0.4) is 0 Å². The minimum atomic E-state index is -0.292. The molecule has 2 aromatic heterocycles. The molecule has 0 atom stereocenters. The lowest BCUT2D eigenvalue weighted by atomic mass is 10.1. The zero-order chi connectivity index (χ0) is 22.1. The molecule has 1 fully saturated rings. The minimum Gasteiger partial charge on any atom is -0.497 e. The average Bonchev–Trinajstić information content (AvgIpc) is 3.22. The fraction of sp³-hybridized carbons (Fsp3) is 0.280.